The van der Waals surface area contributed by atoms with Crippen LogP contribution in [0.15, 0.2) is 36.4 Å². The molecule has 0 saturated heterocycles. The number of nitrogens with two attached hydrogens (primary N) is 1. The molecule has 0 unspecified atom stereocenters. The third-order valence-corrected chi connectivity index (χ3v) is 3.56. The second-order valence-electron chi connectivity index (χ2n) is 4.24. The number of methoxy groups -OCH3 is 1. The Labute approximate surface area is 132 Å². The fraction of sp³-hybridized carbons (Fsp3) is 0.133. The number of carbonyl (C=O) groups excluding carboxylic acids is 1. The molecule has 21 heavy (non-hydrogen) atoms. The topological polar surface area (TPSA) is 61.5 Å². The lowest BCUT2D eigenvalue weighted by molar-refractivity contribution is 0.0469. The molecule has 0 fully saturated rings. The van der Waals surface area contributed by atoms with Crippen molar-refractivity contribution in [2.45, 2.75) is 6.61 Å². The van der Waals surface area contributed by atoms with Gasteiger partial charge in [-0.25, -0.2) is 4.79 Å². The summed E-state index contributed by atoms with van der Waals surface area (Å²) in [5.74, 6) is -0.172. The standard InChI is InChI=1S/C15H13Cl2NO3/c1-20-14-6-5-9(18)7-10(14)15(19)21-8-11-12(16)3-2-4-13(11)17/h2-7H,8,18H2,1H3. The van der Waals surface area contributed by atoms with Crippen molar-refractivity contribution in [3.8, 4) is 5.75 Å². The molecule has 110 valence electrons. The van der Waals surface area contributed by atoms with Crippen molar-refractivity contribution in [3.63, 3.8) is 0 Å². The Hall–Kier alpha value is -1.91. The summed E-state index contributed by atoms with van der Waals surface area (Å²) < 4.78 is 10.3. The van der Waals surface area contributed by atoms with E-state index in [-0.39, 0.29) is 12.2 Å². The summed E-state index contributed by atoms with van der Waals surface area (Å²) in [7, 11) is 1.47. The molecule has 0 aliphatic heterocycles. The average Bonchev–Trinajstić information content (AvgIpc) is 2.46. The summed E-state index contributed by atoms with van der Waals surface area (Å²) in [4.78, 5) is 12.1. The van der Waals surface area contributed by atoms with E-state index in [4.69, 9.17) is 38.4 Å². The number of esters is 1. The zero-order valence-electron chi connectivity index (χ0n) is 11.2. The van der Waals surface area contributed by atoms with Crippen LogP contribution in [0.25, 0.3) is 0 Å². The molecule has 0 heterocycles. The number of hydrogen-bond acceptors (Lipinski definition) is 4. The van der Waals surface area contributed by atoms with E-state index in [1.807, 2.05) is 0 Å². The summed E-state index contributed by atoms with van der Waals surface area (Å²) >= 11 is 12.0. The fourth-order valence-electron chi connectivity index (χ4n) is 1.77. The van der Waals surface area contributed by atoms with E-state index in [0.29, 0.717) is 27.0 Å². The monoisotopic (exact) mass is 325 g/mol. The van der Waals surface area contributed by atoms with E-state index in [2.05, 4.69) is 0 Å². The molecule has 2 aromatic carbocycles. The highest BCUT2D eigenvalue weighted by Crippen LogP contribution is 2.26. The van der Waals surface area contributed by atoms with Crippen LogP contribution in [0, 0.1) is 0 Å². The second-order valence-corrected chi connectivity index (χ2v) is 5.05. The molecule has 2 N–H and O–H groups in total. The van der Waals surface area contributed by atoms with E-state index in [1.165, 1.54) is 13.2 Å². The van der Waals surface area contributed by atoms with Crippen molar-refractivity contribution < 1.29 is 14.3 Å². The van der Waals surface area contributed by atoms with Crippen molar-refractivity contribution >= 4 is 34.9 Å². The molecule has 2 aromatic rings. The number of anilines is 1. The Bertz CT molecular complexity index is 654. The van der Waals surface area contributed by atoms with Gasteiger partial charge in [0.15, 0.2) is 0 Å². The van der Waals surface area contributed by atoms with Gasteiger partial charge >= 0.3 is 5.97 Å². The van der Waals surface area contributed by atoms with E-state index < -0.39 is 5.97 Å². The van der Waals surface area contributed by atoms with Crippen molar-refractivity contribution in [3.05, 3.63) is 57.6 Å². The van der Waals surface area contributed by atoms with Crippen LogP contribution in [0.1, 0.15) is 15.9 Å². The van der Waals surface area contributed by atoms with Gasteiger partial charge in [-0.1, -0.05) is 29.3 Å². The van der Waals surface area contributed by atoms with Gasteiger partial charge in [-0.05, 0) is 30.3 Å². The predicted octanol–water partition coefficient (Wildman–Crippen LogP) is 3.94. The lowest BCUT2D eigenvalue weighted by Crippen LogP contribution is -2.08. The van der Waals surface area contributed by atoms with Crippen LogP contribution >= 0.6 is 23.2 Å². The van der Waals surface area contributed by atoms with Crippen molar-refractivity contribution in [2.75, 3.05) is 12.8 Å². The fourth-order valence-corrected chi connectivity index (χ4v) is 2.28. The summed E-state index contributed by atoms with van der Waals surface area (Å²) in [5, 5.41) is 0.879. The first kappa shape index (κ1) is 15.5. The van der Waals surface area contributed by atoms with Crippen LogP contribution in [-0.2, 0) is 11.3 Å². The second kappa shape index (κ2) is 6.70. The lowest BCUT2D eigenvalue weighted by Gasteiger charge is -2.11. The Morgan fingerprint density at radius 1 is 1.19 bits per heavy atom. The van der Waals surface area contributed by atoms with Crippen LogP contribution in [0.5, 0.6) is 5.75 Å². The molecule has 0 aliphatic rings. The number of rotatable bonds is 4. The van der Waals surface area contributed by atoms with Gasteiger partial charge < -0.3 is 15.2 Å². The van der Waals surface area contributed by atoms with Crippen LogP contribution < -0.4 is 10.5 Å². The highest BCUT2D eigenvalue weighted by Gasteiger charge is 2.16. The molecule has 0 spiro atoms. The number of carbonyl (C=O) groups is 1. The first-order chi connectivity index (χ1) is 10.0. The van der Waals surface area contributed by atoms with E-state index in [1.54, 1.807) is 30.3 Å². The van der Waals surface area contributed by atoms with Gasteiger partial charge in [0.25, 0.3) is 0 Å². The quantitative estimate of drug-likeness (QED) is 0.683. The maximum Gasteiger partial charge on any atom is 0.342 e. The molecule has 0 atom stereocenters. The predicted molar refractivity (Wildman–Crippen MR) is 83.0 cm³/mol. The Morgan fingerprint density at radius 3 is 2.48 bits per heavy atom. The Kier molecular flexibility index (Phi) is 4.94. The number of halogens is 2. The normalized spacial score (nSPS) is 10.2. The van der Waals surface area contributed by atoms with Gasteiger partial charge in [0.2, 0.25) is 0 Å². The molecule has 2 rings (SSSR count). The minimum Gasteiger partial charge on any atom is -0.496 e. The first-order valence-electron chi connectivity index (χ1n) is 6.06. The molecule has 0 aromatic heterocycles. The number of nitrogen functional groups attached to an aromatic ring is 1. The van der Waals surface area contributed by atoms with E-state index >= 15 is 0 Å². The molecule has 0 radical (unpaired) electrons. The summed E-state index contributed by atoms with van der Waals surface area (Å²) in [6, 6.07) is 9.82. The van der Waals surface area contributed by atoms with Gasteiger partial charge in [0.05, 0.1) is 7.11 Å². The minimum atomic E-state index is -0.560. The molecule has 0 bridgehead atoms. The zero-order chi connectivity index (χ0) is 15.4. The van der Waals surface area contributed by atoms with Gasteiger partial charge in [0, 0.05) is 21.3 Å². The summed E-state index contributed by atoms with van der Waals surface area (Å²) in [5.41, 5.74) is 6.92. The van der Waals surface area contributed by atoms with Crippen LogP contribution in [0.3, 0.4) is 0 Å². The van der Waals surface area contributed by atoms with E-state index in [9.17, 15) is 4.79 Å². The SMILES string of the molecule is COc1ccc(N)cc1C(=O)OCc1c(Cl)cccc1Cl. The van der Waals surface area contributed by atoms with Gasteiger partial charge in [-0.3, -0.25) is 0 Å². The molecule has 0 amide bonds. The molecule has 6 heteroatoms. The van der Waals surface area contributed by atoms with Crippen LogP contribution in [-0.4, -0.2) is 13.1 Å². The highest BCUT2D eigenvalue weighted by atomic mass is 35.5. The minimum absolute atomic E-state index is 0.0324. The van der Waals surface area contributed by atoms with Crippen LogP contribution in [0.4, 0.5) is 5.69 Å². The number of hydrogen-bond donors (Lipinski definition) is 1. The van der Waals surface area contributed by atoms with Crippen LogP contribution in [0.2, 0.25) is 10.0 Å². The molecular formula is C15H13Cl2NO3. The summed E-state index contributed by atoms with van der Waals surface area (Å²) in [6.07, 6.45) is 0. The lowest BCUT2D eigenvalue weighted by atomic mass is 10.2. The van der Waals surface area contributed by atoms with Crippen molar-refractivity contribution in [2.24, 2.45) is 0 Å². The maximum absolute atomic E-state index is 12.1. The average molecular weight is 326 g/mol. The zero-order valence-corrected chi connectivity index (χ0v) is 12.7. The van der Waals surface area contributed by atoms with Gasteiger partial charge in [-0.2, -0.15) is 0 Å². The first-order valence-corrected chi connectivity index (χ1v) is 6.82. The van der Waals surface area contributed by atoms with Crippen molar-refractivity contribution in [1.29, 1.82) is 0 Å². The highest BCUT2D eigenvalue weighted by molar-refractivity contribution is 6.35. The smallest absolute Gasteiger partial charge is 0.342 e. The molecule has 4 nitrogen and oxygen atoms in total. The Balaban J connectivity index is 2.17. The van der Waals surface area contributed by atoms with E-state index in [0.717, 1.165) is 0 Å². The largest absolute Gasteiger partial charge is 0.496 e. The number of benzene rings is 2. The van der Waals surface area contributed by atoms with Crippen molar-refractivity contribution in [1.82, 2.24) is 0 Å². The third-order valence-electron chi connectivity index (χ3n) is 2.85. The summed E-state index contributed by atoms with van der Waals surface area (Å²) in [6.45, 7) is -0.0324. The van der Waals surface area contributed by atoms with Gasteiger partial charge in [-0.15, -0.1) is 0 Å². The maximum atomic E-state index is 12.1. The molecule has 0 aliphatic carbocycles. The molecule has 0 saturated carbocycles. The Morgan fingerprint density at radius 2 is 1.86 bits per heavy atom. The third kappa shape index (κ3) is 3.60. The van der Waals surface area contributed by atoms with Gasteiger partial charge in [0.1, 0.15) is 17.9 Å². The molecular weight excluding hydrogens is 313 g/mol. The number of ether oxygens (including phenoxy) is 2.